The van der Waals surface area contributed by atoms with E-state index < -0.39 is 29.4 Å². The molecular weight excluding hydrogens is 328 g/mol. The molecule has 2 rings (SSSR count). The number of halogens is 2. The molecule has 1 unspecified atom stereocenters. The summed E-state index contributed by atoms with van der Waals surface area (Å²) in [5.74, 6) is -2.71. The number of benzene rings is 2. The van der Waals surface area contributed by atoms with Crippen LogP contribution >= 0.6 is 0 Å². The Hall–Kier alpha value is -2.60. The maximum Gasteiger partial charge on any atom is 0.220 e. The molecule has 0 radical (unpaired) electrons. The molecule has 0 heterocycles. The molecule has 0 bridgehead atoms. The SMILES string of the molecule is Cc1ccccc1C(O)CNC(=O)CCC(=O)c1ccc(F)cc1F. The molecule has 6 heteroatoms. The maximum atomic E-state index is 13.5. The molecule has 0 saturated carbocycles. The molecule has 2 aromatic carbocycles. The van der Waals surface area contributed by atoms with Crippen LogP contribution in [0.3, 0.4) is 0 Å². The molecule has 2 aromatic rings. The van der Waals surface area contributed by atoms with Gasteiger partial charge in [0.15, 0.2) is 5.78 Å². The van der Waals surface area contributed by atoms with Gasteiger partial charge in [0.1, 0.15) is 11.6 Å². The second-order valence-electron chi connectivity index (χ2n) is 5.72. The van der Waals surface area contributed by atoms with Gasteiger partial charge in [0.25, 0.3) is 0 Å². The van der Waals surface area contributed by atoms with E-state index in [1.807, 2.05) is 19.1 Å². The lowest BCUT2D eigenvalue weighted by atomic mass is 10.0. The van der Waals surface area contributed by atoms with Gasteiger partial charge in [-0.15, -0.1) is 0 Å². The van der Waals surface area contributed by atoms with Crippen LogP contribution in [0.1, 0.15) is 40.4 Å². The van der Waals surface area contributed by atoms with Crippen molar-refractivity contribution >= 4 is 11.7 Å². The second-order valence-corrected chi connectivity index (χ2v) is 5.72. The van der Waals surface area contributed by atoms with E-state index in [-0.39, 0.29) is 24.9 Å². The van der Waals surface area contributed by atoms with Crippen LogP contribution < -0.4 is 5.32 Å². The average molecular weight is 347 g/mol. The van der Waals surface area contributed by atoms with E-state index in [1.54, 1.807) is 12.1 Å². The number of carbonyl (C=O) groups is 2. The van der Waals surface area contributed by atoms with E-state index in [0.29, 0.717) is 11.6 Å². The van der Waals surface area contributed by atoms with E-state index >= 15 is 0 Å². The molecule has 132 valence electrons. The van der Waals surface area contributed by atoms with E-state index in [9.17, 15) is 23.5 Å². The summed E-state index contributed by atoms with van der Waals surface area (Å²) in [6.45, 7) is 1.87. The van der Waals surface area contributed by atoms with Crippen LogP contribution in [0.5, 0.6) is 0 Å². The minimum atomic E-state index is -0.944. The van der Waals surface area contributed by atoms with Crippen LogP contribution in [0.2, 0.25) is 0 Å². The smallest absolute Gasteiger partial charge is 0.220 e. The molecule has 0 fully saturated rings. The van der Waals surface area contributed by atoms with E-state index in [4.69, 9.17) is 0 Å². The number of amides is 1. The summed E-state index contributed by atoms with van der Waals surface area (Å²) in [5.41, 5.74) is 1.38. The Morgan fingerprint density at radius 1 is 1.12 bits per heavy atom. The van der Waals surface area contributed by atoms with Crippen LogP contribution in [0, 0.1) is 18.6 Å². The van der Waals surface area contributed by atoms with Gasteiger partial charge >= 0.3 is 0 Å². The fourth-order valence-corrected chi connectivity index (χ4v) is 2.45. The highest BCUT2D eigenvalue weighted by Gasteiger charge is 2.15. The third-order valence-corrected chi connectivity index (χ3v) is 3.85. The second kappa shape index (κ2) is 8.48. The minimum absolute atomic E-state index is 0.0167. The standard InChI is InChI=1S/C19H19F2NO3/c1-12-4-2-3-5-14(12)18(24)11-22-19(25)9-8-17(23)15-7-6-13(20)10-16(15)21/h2-7,10,18,24H,8-9,11H2,1H3,(H,22,25). The molecule has 25 heavy (non-hydrogen) atoms. The van der Waals surface area contributed by atoms with Crippen molar-refractivity contribution in [2.45, 2.75) is 25.9 Å². The molecule has 0 spiro atoms. The first-order valence-corrected chi connectivity index (χ1v) is 7.87. The molecule has 1 amide bonds. The fourth-order valence-electron chi connectivity index (χ4n) is 2.45. The van der Waals surface area contributed by atoms with Crippen molar-refractivity contribution in [3.63, 3.8) is 0 Å². The average Bonchev–Trinajstić information content (AvgIpc) is 2.58. The van der Waals surface area contributed by atoms with Crippen LogP contribution in [0.15, 0.2) is 42.5 Å². The summed E-state index contributed by atoms with van der Waals surface area (Å²) in [6, 6.07) is 9.96. The number of hydrogen-bond donors (Lipinski definition) is 2. The van der Waals surface area contributed by atoms with Gasteiger partial charge in [-0.1, -0.05) is 24.3 Å². The molecule has 4 nitrogen and oxygen atoms in total. The zero-order valence-electron chi connectivity index (χ0n) is 13.8. The minimum Gasteiger partial charge on any atom is -0.387 e. The lowest BCUT2D eigenvalue weighted by Crippen LogP contribution is -2.28. The number of rotatable bonds is 7. The molecule has 1 atom stereocenters. The number of ketones is 1. The summed E-state index contributed by atoms with van der Waals surface area (Å²) in [4.78, 5) is 23.7. The molecule has 0 aliphatic rings. The highest BCUT2D eigenvalue weighted by atomic mass is 19.1. The lowest BCUT2D eigenvalue weighted by Gasteiger charge is -2.14. The normalized spacial score (nSPS) is 11.8. The van der Waals surface area contributed by atoms with Gasteiger partial charge in [-0.25, -0.2) is 8.78 Å². The largest absolute Gasteiger partial charge is 0.387 e. The summed E-state index contributed by atoms with van der Waals surface area (Å²) in [6.07, 6.45) is -1.19. The first-order valence-electron chi connectivity index (χ1n) is 7.87. The van der Waals surface area contributed by atoms with Gasteiger partial charge < -0.3 is 10.4 Å². The van der Waals surface area contributed by atoms with Gasteiger partial charge in [-0.2, -0.15) is 0 Å². The Kier molecular flexibility index (Phi) is 6.36. The number of carbonyl (C=O) groups excluding carboxylic acids is 2. The van der Waals surface area contributed by atoms with Crippen molar-refractivity contribution in [2.75, 3.05) is 6.54 Å². The van der Waals surface area contributed by atoms with Gasteiger partial charge in [0, 0.05) is 25.5 Å². The topological polar surface area (TPSA) is 66.4 Å². The molecular formula is C19H19F2NO3. The van der Waals surface area contributed by atoms with Gasteiger partial charge in [-0.05, 0) is 30.2 Å². The Bertz CT molecular complexity index is 777. The van der Waals surface area contributed by atoms with Crippen molar-refractivity contribution in [2.24, 2.45) is 0 Å². The Morgan fingerprint density at radius 3 is 2.52 bits per heavy atom. The first-order chi connectivity index (χ1) is 11.9. The van der Waals surface area contributed by atoms with Crippen LogP contribution in [-0.4, -0.2) is 23.3 Å². The van der Waals surface area contributed by atoms with E-state index in [2.05, 4.69) is 5.32 Å². The van der Waals surface area contributed by atoms with E-state index in [0.717, 1.165) is 17.7 Å². The third kappa shape index (κ3) is 5.19. The van der Waals surface area contributed by atoms with Crippen LogP contribution in [0.4, 0.5) is 8.78 Å². The van der Waals surface area contributed by atoms with Gasteiger partial charge in [0.2, 0.25) is 5.91 Å². The van der Waals surface area contributed by atoms with Crippen molar-refractivity contribution in [3.8, 4) is 0 Å². The number of aryl methyl sites for hydroxylation is 1. The van der Waals surface area contributed by atoms with E-state index in [1.165, 1.54) is 0 Å². The summed E-state index contributed by atoms with van der Waals surface area (Å²) in [7, 11) is 0. The highest BCUT2D eigenvalue weighted by molar-refractivity contribution is 5.98. The van der Waals surface area contributed by atoms with Crippen molar-refractivity contribution in [1.29, 1.82) is 0 Å². The molecule has 2 N–H and O–H groups in total. The Labute approximate surface area is 144 Å². The number of nitrogens with one attached hydrogen (secondary N) is 1. The van der Waals surface area contributed by atoms with Gasteiger partial charge in [0.05, 0.1) is 11.7 Å². The van der Waals surface area contributed by atoms with Crippen molar-refractivity contribution in [3.05, 3.63) is 70.8 Å². The summed E-state index contributed by atoms with van der Waals surface area (Å²) in [5, 5.41) is 12.6. The monoisotopic (exact) mass is 347 g/mol. The fraction of sp³-hybridized carbons (Fsp3) is 0.263. The molecule has 0 aromatic heterocycles. The number of hydrogen-bond acceptors (Lipinski definition) is 3. The third-order valence-electron chi connectivity index (χ3n) is 3.85. The van der Waals surface area contributed by atoms with Crippen LogP contribution in [-0.2, 0) is 4.79 Å². The zero-order chi connectivity index (χ0) is 18.4. The number of aliphatic hydroxyl groups excluding tert-OH is 1. The molecule has 0 aliphatic heterocycles. The lowest BCUT2D eigenvalue weighted by molar-refractivity contribution is -0.121. The van der Waals surface area contributed by atoms with Crippen molar-refractivity contribution < 1.29 is 23.5 Å². The maximum absolute atomic E-state index is 13.5. The molecule has 0 saturated heterocycles. The number of Topliss-reactive ketones (excluding diaryl/α,β-unsaturated/α-hetero) is 1. The predicted molar refractivity (Wildman–Crippen MR) is 89.1 cm³/mol. The Morgan fingerprint density at radius 2 is 1.84 bits per heavy atom. The van der Waals surface area contributed by atoms with Crippen molar-refractivity contribution in [1.82, 2.24) is 5.32 Å². The zero-order valence-corrected chi connectivity index (χ0v) is 13.8. The highest BCUT2D eigenvalue weighted by Crippen LogP contribution is 2.16. The number of aliphatic hydroxyl groups is 1. The van der Waals surface area contributed by atoms with Crippen LogP contribution in [0.25, 0.3) is 0 Å². The van der Waals surface area contributed by atoms with Gasteiger partial charge in [-0.3, -0.25) is 9.59 Å². The first kappa shape index (κ1) is 18.7. The summed E-state index contributed by atoms with van der Waals surface area (Å²) >= 11 is 0. The summed E-state index contributed by atoms with van der Waals surface area (Å²) < 4.78 is 26.3. The quantitative estimate of drug-likeness (QED) is 0.757. The predicted octanol–water partition coefficient (Wildman–Crippen LogP) is 3.09. The molecule has 0 aliphatic carbocycles. The Balaban J connectivity index is 1.82.